The van der Waals surface area contributed by atoms with Gasteiger partial charge in [0.25, 0.3) is 0 Å². The minimum atomic E-state index is -3.87. The third-order valence-corrected chi connectivity index (χ3v) is 4.98. The summed E-state index contributed by atoms with van der Waals surface area (Å²) in [4.78, 5) is -0.290. The number of halogens is 2. The average molecular weight is 277 g/mol. The second-order valence-corrected chi connectivity index (χ2v) is 6.06. The fourth-order valence-corrected chi connectivity index (χ4v) is 3.78. The lowest BCUT2D eigenvalue weighted by molar-refractivity contribution is 0.213. The highest BCUT2D eigenvalue weighted by Crippen LogP contribution is 2.26. The van der Waals surface area contributed by atoms with Crippen molar-refractivity contribution in [1.29, 1.82) is 0 Å². The molecule has 1 fully saturated rings. The third-order valence-electron chi connectivity index (χ3n) is 3.03. The minimum Gasteiger partial charge on any atom is -0.395 e. The monoisotopic (exact) mass is 277 g/mol. The summed E-state index contributed by atoms with van der Waals surface area (Å²) in [6.45, 7) is 0.00939. The van der Waals surface area contributed by atoms with Crippen LogP contribution in [0.3, 0.4) is 0 Å². The molecule has 0 radical (unpaired) electrons. The van der Waals surface area contributed by atoms with Crippen molar-refractivity contribution >= 4 is 10.0 Å². The Bertz CT molecular complexity index is 547. The summed E-state index contributed by atoms with van der Waals surface area (Å²) in [6, 6.07) is 1.99. The van der Waals surface area contributed by atoms with E-state index < -0.39 is 27.7 Å². The van der Waals surface area contributed by atoms with E-state index in [1.807, 2.05) is 0 Å². The van der Waals surface area contributed by atoms with Gasteiger partial charge < -0.3 is 5.11 Å². The van der Waals surface area contributed by atoms with Crippen LogP contribution < -0.4 is 0 Å². The molecule has 1 aromatic carbocycles. The van der Waals surface area contributed by atoms with Gasteiger partial charge in [-0.15, -0.1) is 0 Å². The first kappa shape index (κ1) is 13.4. The number of nitrogens with zero attached hydrogens (tertiary/aromatic N) is 1. The summed E-state index contributed by atoms with van der Waals surface area (Å²) < 4.78 is 51.4. The fourth-order valence-electron chi connectivity index (χ4n) is 2.08. The average Bonchev–Trinajstić information content (AvgIpc) is 2.81. The van der Waals surface area contributed by atoms with E-state index in [0.717, 1.165) is 16.4 Å². The highest BCUT2D eigenvalue weighted by atomic mass is 32.2. The normalized spacial score (nSPS) is 21.4. The predicted molar refractivity (Wildman–Crippen MR) is 60.4 cm³/mol. The van der Waals surface area contributed by atoms with Gasteiger partial charge in [0.2, 0.25) is 10.0 Å². The van der Waals surface area contributed by atoms with Gasteiger partial charge in [-0.3, -0.25) is 0 Å². The Kier molecular flexibility index (Phi) is 3.65. The number of benzene rings is 1. The van der Waals surface area contributed by atoms with Crippen molar-refractivity contribution in [3.63, 3.8) is 0 Å². The molecule has 1 N–H and O–H groups in total. The molecule has 0 unspecified atom stereocenters. The lowest BCUT2D eigenvalue weighted by atomic mass is 10.2. The summed E-state index contributed by atoms with van der Waals surface area (Å²) in [6.07, 6.45) is 1.22. The van der Waals surface area contributed by atoms with E-state index in [2.05, 4.69) is 0 Å². The minimum absolute atomic E-state index is 0.275. The van der Waals surface area contributed by atoms with Crippen LogP contribution in [0.4, 0.5) is 8.78 Å². The fraction of sp³-hybridized carbons (Fsp3) is 0.455. The van der Waals surface area contributed by atoms with E-state index in [1.165, 1.54) is 0 Å². The lowest BCUT2D eigenvalue weighted by Gasteiger charge is -2.22. The number of aliphatic hydroxyl groups is 1. The van der Waals surface area contributed by atoms with Crippen LogP contribution in [0.25, 0.3) is 0 Å². The maximum Gasteiger partial charge on any atom is 0.243 e. The molecule has 1 atom stereocenters. The van der Waals surface area contributed by atoms with Gasteiger partial charge in [0.1, 0.15) is 0 Å². The second kappa shape index (κ2) is 4.91. The Hall–Kier alpha value is -1.05. The lowest BCUT2D eigenvalue weighted by Crippen LogP contribution is -2.37. The van der Waals surface area contributed by atoms with Gasteiger partial charge in [-0.1, -0.05) is 0 Å². The predicted octanol–water partition coefficient (Wildman–Crippen LogP) is 1.11. The standard InChI is InChI=1S/C11H13F2NO3S/c12-10-4-3-9(6-11(10)13)18(16,17)14-5-1-2-8(14)7-15/h3-4,6,8,15H,1-2,5,7H2/t8-/m1/s1. The van der Waals surface area contributed by atoms with Crippen molar-refractivity contribution in [3.8, 4) is 0 Å². The molecule has 1 heterocycles. The zero-order valence-corrected chi connectivity index (χ0v) is 10.3. The summed E-state index contributed by atoms with van der Waals surface area (Å²) in [5.74, 6) is -2.29. The van der Waals surface area contributed by atoms with Crippen LogP contribution in [0.2, 0.25) is 0 Å². The second-order valence-electron chi connectivity index (χ2n) is 4.17. The summed E-state index contributed by atoms with van der Waals surface area (Å²) in [7, 11) is -3.87. The molecule has 0 aliphatic carbocycles. The quantitative estimate of drug-likeness (QED) is 0.900. The summed E-state index contributed by atoms with van der Waals surface area (Å²) >= 11 is 0. The van der Waals surface area contributed by atoms with Crippen LogP contribution in [0, 0.1) is 11.6 Å². The molecule has 0 amide bonds. The highest BCUT2D eigenvalue weighted by Gasteiger charge is 2.35. The van der Waals surface area contributed by atoms with E-state index in [-0.39, 0.29) is 18.0 Å². The van der Waals surface area contributed by atoms with Gasteiger partial charge >= 0.3 is 0 Å². The third kappa shape index (κ3) is 2.25. The van der Waals surface area contributed by atoms with Gasteiger partial charge in [-0.2, -0.15) is 4.31 Å². The Morgan fingerprint density at radius 2 is 2.06 bits per heavy atom. The zero-order valence-electron chi connectivity index (χ0n) is 9.51. The van der Waals surface area contributed by atoms with Crippen LogP contribution in [-0.4, -0.2) is 37.0 Å². The molecule has 4 nitrogen and oxygen atoms in total. The first-order chi connectivity index (χ1) is 8.46. The highest BCUT2D eigenvalue weighted by molar-refractivity contribution is 7.89. The maximum atomic E-state index is 13.1. The SMILES string of the molecule is O=S(=O)(c1ccc(F)c(F)c1)N1CCC[C@@H]1CO. The Morgan fingerprint density at radius 3 is 2.67 bits per heavy atom. The topological polar surface area (TPSA) is 57.6 Å². The molecule has 0 aromatic heterocycles. The number of rotatable bonds is 3. The van der Waals surface area contributed by atoms with Crippen LogP contribution in [-0.2, 0) is 10.0 Å². The molecule has 100 valence electrons. The van der Waals surface area contributed by atoms with Crippen LogP contribution in [0.5, 0.6) is 0 Å². The largest absolute Gasteiger partial charge is 0.395 e. The molecule has 7 heteroatoms. The van der Waals surface area contributed by atoms with Crippen molar-refractivity contribution in [2.24, 2.45) is 0 Å². The molecule has 1 aliphatic rings. The summed E-state index contributed by atoms with van der Waals surface area (Å²) in [5, 5.41) is 9.11. The van der Waals surface area contributed by atoms with E-state index >= 15 is 0 Å². The van der Waals surface area contributed by atoms with Crippen molar-refractivity contribution < 1.29 is 22.3 Å². The van der Waals surface area contributed by atoms with E-state index in [0.29, 0.717) is 18.9 Å². The maximum absolute atomic E-state index is 13.1. The molecule has 1 saturated heterocycles. The smallest absolute Gasteiger partial charge is 0.243 e. The first-order valence-electron chi connectivity index (χ1n) is 5.54. The molecular formula is C11H13F2NO3S. The molecule has 2 rings (SSSR count). The molecule has 1 aliphatic heterocycles. The first-order valence-corrected chi connectivity index (χ1v) is 6.98. The van der Waals surface area contributed by atoms with Gasteiger partial charge in [-0.05, 0) is 31.0 Å². The zero-order chi connectivity index (χ0) is 13.3. The molecular weight excluding hydrogens is 264 g/mol. The Labute approximate surface area is 104 Å². The van der Waals surface area contributed by atoms with Crippen molar-refractivity contribution in [2.75, 3.05) is 13.2 Å². The summed E-state index contributed by atoms with van der Waals surface area (Å²) in [5.41, 5.74) is 0. The Balaban J connectivity index is 2.38. The van der Waals surface area contributed by atoms with E-state index in [1.54, 1.807) is 0 Å². The molecule has 0 bridgehead atoms. The van der Waals surface area contributed by atoms with Gasteiger partial charge in [0.15, 0.2) is 11.6 Å². The van der Waals surface area contributed by atoms with Crippen molar-refractivity contribution in [1.82, 2.24) is 4.31 Å². The van der Waals surface area contributed by atoms with Gasteiger partial charge in [0.05, 0.1) is 11.5 Å². The molecule has 0 saturated carbocycles. The number of hydrogen-bond acceptors (Lipinski definition) is 3. The van der Waals surface area contributed by atoms with Crippen LogP contribution >= 0.6 is 0 Å². The number of hydrogen-bond donors (Lipinski definition) is 1. The van der Waals surface area contributed by atoms with Crippen LogP contribution in [0.1, 0.15) is 12.8 Å². The Morgan fingerprint density at radius 1 is 1.33 bits per heavy atom. The van der Waals surface area contributed by atoms with Gasteiger partial charge in [-0.25, -0.2) is 17.2 Å². The van der Waals surface area contributed by atoms with Gasteiger partial charge in [0, 0.05) is 12.6 Å². The molecule has 1 aromatic rings. The molecule has 18 heavy (non-hydrogen) atoms. The van der Waals surface area contributed by atoms with Crippen LogP contribution in [0.15, 0.2) is 23.1 Å². The van der Waals surface area contributed by atoms with E-state index in [4.69, 9.17) is 5.11 Å². The van der Waals surface area contributed by atoms with Crippen molar-refractivity contribution in [3.05, 3.63) is 29.8 Å². The van der Waals surface area contributed by atoms with E-state index in [9.17, 15) is 17.2 Å². The molecule has 0 spiro atoms. The number of aliphatic hydroxyl groups excluding tert-OH is 1. The number of sulfonamides is 1. The van der Waals surface area contributed by atoms with Crippen molar-refractivity contribution in [2.45, 2.75) is 23.8 Å².